The van der Waals surface area contributed by atoms with E-state index in [1.807, 2.05) is 19.9 Å². The summed E-state index contributed by atoms with van der Waals surface area (Å²) in [5, 5.41) is 4.95. The Morgan fingerprint density at radius 1 is 1.29 bits per heavy atom. The molecule has 1 aromatic heterocycles. The molecule has 0 radical (unpaired) electrons. The predicted octanol–water partition coefficient (Wildman–Crippen LogP) is 3.73. The number of anilines is 1. The van der Waals surface area contributed by atoms with Crippen LogP contribution in [0.2, 0.25) is 0 Å². The van der Waals surface area contributed by atoms with E-state index in [-0.39, 0.29) is 0 Å². The van der Waals surface area contributed by atoms with E-state index in [1.165, 1.54) is 11.3 Å². The number of rotatable bonds is 6. The Morgan fingerprint density at radius 3 is 2.71 bits per heavy atom. The Hall–Kier alpha value is -0.890. The van der Waals surface area contributed by atoms with Gasteiger partial charge in [-0.05, 0) is 48.7 Å². The maximum Gasteiger partial charge on any atom is 0.263 e. The van der Waals surface area contributed by atoms with Gasteiger partial charge in [0.1, 0.15) is 4.90 Å². The molecule has 114 valence electrons. The van der Waals surface area contributed by atoms with Gasteiger partial charge >= 0.3 is 0 Å². The smallest absolute Gasteiger partial charge is 0.263 e. The fourth-order valence-electron chi connectivity index (χ4n) is 1.94. The molecule has 0 unspecified atom stereocenters. The Kier molecular flexibility index (Phi) is 5.43. The molecule has 4 nitrogen and oxygen atoms in total. The van der Waals surface area contributed by atoms with Crippen LogP contribution in [0, 0.1) is 6.92 Å². The molecule has 0 aliphatic rings. The summed E-state index contributed by atoms with van der Waals surface area (Å²) in [6.45, 7) is 5.27. The second kappa shape index (κ2) is 6.91. The zero-order chi connectivity index (χ0) is 15.5. The molecule has 7 heteroatoms. The lowest BCUT2D eigenvalue weighted by molar-refractivity contribution is 0.599. The molecule has 2 rings (SSSR count). The van der Waals surface area contributed by atoms with Gasteiger partial charge in [-0.1, -0.05) is 22.9 Å². The topological polar surface area (TPSA) is 58.2 Å². The van der Waals surface area contributed by atoms with E-state index in [4.69, 9.17) is 0 Å². The van der Waals surface area contributed by atoms with Crippen molar-refractivity contribution in [2.45, 2.75) is 25.3 Å². The Morgan fingerprint density at radius 2 is 2.05 bits per heavy atom. The summed E-state index contributed by atoms with van der Waals surface area (Å²) >= 11 is 4.82. The molecule has 2 N–H and O–H groups in total. The average Bonchev–Trinajstić information content (AvgIpc) is 2.83. The number of halogens is 1. The second-order valence-corrected chi connectivity index (χ2v) is 8.18. The van der Waals surface area contributed by atoms with Crippen LogP contribution in [0.5, 0.6) is 0 Å². The third-order valence-electron chi connectivity index (χ3n) is 2.82. The molecule has 0 fully saturated rings. The molecule has 21 heavy (non-hydrogen) atoms. The van der Waals surface area contributed by atoms with Crippen LogP contribution in [0.1, 0.15) is 17.4 Å². The first-order chi connectivity index (χ1) is 9.92. The summed E-state index contributed by atoms with van der Waals surface area (Å²) in [4.78, 5) is 1.15. The minimum absolute atomic E-state index is 0.339. The lowest BCUT2D eigenvalue weighted by Crippen LogP contribution is -2.17. The first-order valence-corrected chi connectivity index (χ1v) is 9.65. The highest BCUT2D eigenvalue weighted by Crippen LogP contribution is 2.26. The van der Waals surface area contributed by atoms with Crippen LogP contribution in [-0.4, -0.2) is 15.0 Å². The first-order valence-electron chi connectivity index (χ1n) is 6.49. The van der Waals surface area contributed by atoms with Gasteiger partial charge in [-0.2, -0.15) is 0 Å². The van der Waals surface area contributed by atoms with Crippen molar-refractivity contribution in [2.75, 3.05) is 11.3 Å². The van der Waals surface area contributed by atoms with Gasteiger partial charge in [0.25, 0.3) is 10.0 Å². The van der Waals surface area contributed by atoms with Crippen LogP contribution >= 0.6 is 27.3 Å². The molecule has 0 saturated heterocycles. The molecular formula is C14H17BrN2O2S2. The van der Waals surface area contributed by atoms with E-state index in [0.29, 0.717) is 17.1 Å². The van der Waals surface area contributed by atoms with E-state index in [2.05, 4.69) is 26.0 Å². The predicted molar refractivity (Wildman–Crippen MR) is 91.4 cm³/mol. The second-order valence-electron chi connectivity index (χ2n) is 4.61. The fourth-order valence-corrected chi connectivity index (χ4v) is 5.00. The molecule has 0 amide bonds. The molecule has 0 aliphatic heterocycles. The first kappa shape index (κ1) is 16.5. The van der Waals surface area contributed by atoms with Crippen LogP contribution in [0.3, 0.4) is 0 Å². The number of hydrogen-bond donors (Lipinski definition) is 2. The molecule has 1 heterocycles. The average molecular weight is 389 g/mol. The lowest BCUT2D eigenvalue weighted by atomic mass is 10.2. The number of aryl methyl sites for hydroxylation is 1. The Balaban J connectivity index is 2.28. The van der Waals surface area contributed by atoms with Crippen LogP contribution < -0.4 is 10.0 Å². The third-order valence-corrected chi connectivity index (χ3v) is 5.80. The maximum atomic E-state index is 12.5. The monoisotopic (exact) mass is 388 g/mol. The molecule has 0 bridgehead atoms. The standard InChI is InChI=1S/C14H17BrN2O2S2/c1-3-16-9-13-14(4-5-20-13)21(18,19)17-12-7-10(2)6-11(15)8-12/h4-8,16-17H,3,9H2,1-2H3. The summed E-state index contributed by atoms with van der Waals surface area (Å²) in [7, 11) is -3.57. The zero-order valence-electron chi connectivity index (χ0n) is 11.8. The molecule has 0 saturated carbocycles. The van der Waals surface area contributed by atoms with Crippen LogP contribution in [0.25, 0.3) is 0 Å². The van der Waals surface area contributed by atoms with Crippen molar-refractivity contribution in [3.05, 3.63) is 44.6 Å². The summed E-state index contributed by atoms with van der Waals surface area (Å²) in [6.07, 6.45) is 0. The van der Waals surface area contributed by atoms with E-state index >= 15 is 0 Å². The van der Waals surface area contributed by atoms with Gasteiger partial charge in [0.15, 0.2) is 0 Å². The molecular weight excluding hydrogens is 372 g/mol. The van der Waals surface area contributed by atoms with Gasteiger partial charge in [-0.15, -0.1) is 11.3 Å². The van der Waals surface area contributed by atoms with E-state index < -0.39 is 10.0 Å². The number of hydrogen-bond acceptors (Lipinski definition) is 4. The van der Waals surface area contributed by atoms with Gasteiger partial charge < -0.3 is 5.32 Å². The summed E-state index contributed by atoms with van der Waals surface area (Å²) in [5.41, 5.74) is 1.54. The van der Waals surface area contributed by atoms with E-state index in [0.717, 1.165) is 21.5 Å². The van der Waals surface area contributed by atoms with Crippen molar-refractivity contribution in [2.24, 2.45) is 0 Å². The number of nitrogens with one attached hydrogen (secondary N) is 2. The van der Waals surface area contributed by atoms with Gasteiger partial charge in [-0.3, -0.25) is 4.72 Å². The molecule has 0 atom stereocenters. The Labute approximate surface area is 137 Å². The molecule has 1 aromatic carbocycles. The van der Waals surface area contributed by atoms with Gasteiger partial charge in [0.2, 0.25) is 0 Å². The highest BCUT2D eigenvalue weighted by atomic mass is 79.9. The van der Waals surface area contributed by atoms with Crippen molar-refractivity contribution in [1.82, 2.24) is 5.32 Å². The van der Waals surface area contributed by atoms with Gasteiger partial charge in [0, 0.05) is 15.9 Å². The van der Waals surface area contributed by atoms with Crippen LogP contribution in [0.15, 0.2) is 39.0 Å². The quantitative estimate of drug-likeness (QED) is 0.792. The van der Waals surface area contributed by atoms with Crippen molar-refractivity contribution < 1.29 is 8.42 Å². The summed E-state index contributed by atoms with van der Waals surface area (Å²) in [6, 6.07) is 7.13. The number of benzene rings is 1. The minimum atomic E-state index is -3.57. The SMILES string of the molecule is CCNCc1sccc1S(=O)(=O)Nc1cc(C)cc(Br)c1. The molecule has 0 aliphatic carbocycles. The lowest BCUT2D eigenvalue weighted by Gasteiger charge is -2.10. The number of thiophene rings is 1. The number of sulfonamides is 1. The maximum absolute atomic E-state index is 12.5. The Bertz CT molecular complexity index is 706. The van der Waals surface area contributed by atoms with Crippen molar-refractivity contribution >= 4 is 43.0 Å². The molecule has 2 aromatic rings. The highest BCUT2D eigenvalue weighted by molar-refractivity contribution is 9.10. The van der Waals surface area contributed by atoms with E-state index in [1.54, 1.807) is 23.6 Å². The third kappa shape index (κ3) is 4.29. The molecule has 0 spiro atoms. The largest absolute Gasteiger partial charge is 0.312 e. The van der Waals surface area contributed by atoms with Gasteiger partial charge in [-0.25, -0.2) is 8.42 Å². The summed E-state index contributed by atoms with van der Waals surface area (Å²) in [5.74, 6) is 0. The van der Waals surface area contributed by atoms with E-state index in [9.17, 15) is 8.42 Å². The minimum Gasteiger partial charge on any atom is -0.312 e. The normalized spacial score (nSPS) is 11.6. The van der Waals surface area contributed by atoms with Crippen molar-refractivity contribution in [3.63, 3.8) is 0 Å². The van der Waals surface area contributed by atoms with Crippen molar-refractivity contribution in [3.8, 4) is 0 Å². The van der Waals surface area contributed by atoms with Gasteiger partial charge in [0.05, 0.1) is 5.69 Å². The summed E-state index contributed by atoms with van der Waals surface area (Å²) < 4.78 is 28.5. The fraction of sp³-hybridized carbons (Fsp3) is 0.286. The van der Waals surface area contributed by atoms with Crippen LogP contribution in [0.4, 0.5) is 5.69 Å². The zero-order valence-corrected chi connectivity index (χ0v) is 15.0. The van der Waals surface area contributed by atoms with Crippen LogP contribution in [-0.2, 0) is 16.6 Å². The highest BCUT2D eigenvalue weighted by Gasteiger charge is 2.19. The van der Waals surface area contributed by atoms with Crippen molar-refractivity contribution in [1.29, 1.82) is 0 Å².